The lowest BCUT2D eigenvalue weighted by Crippen LogP contribution is -2.63. The highest BCUT2D eigenvalue weighted by atomic mass is 16.7. The molecule has 1 fully saturated rings. The second-order valence-corrected chi connectivity index (χ2v) is 8.14. The monoisotopic (exact) mass is 368 g/mol. The van der Waals surface area contributed by atoms with E-state index in [-0.39, 0.29) is 12.5 Å². The topological polar surface area (TPSA) is 46.9 Å². The summed E-state index contributed by atoms with van der Waals surface area (Å²) in [6, 6.07) is 8.97. The van der Waals surface area contributed by atoms with Crippen molar-refractivity contribution in [1.82, 2.24) is 9.47 Å². The van der Waals surface area contributed by atoms with Gasteiger partial charge >= 0.3 is 0 Å². The quantitative estimate of drug-likeness (QED) is 0.828. The molecule has 5 heteroatoms. The van der Waals surface area contributed by atoms with Crippen molar-refractivity contribution in [3.8, 4) is 0 Å². The number of aromatic nitrogens is 1. The molecular formula is C22H28N2O3. The molecule has 0 saturated carbocycles. The molecule has 0 aliphatic carbocycles. The third-order valence-electron chi connectivity index (χ3n) is 7.16. The van der Waals surface area contributed by atoms with Crippen molar-refractivity contribution in [2.75, 3.05) is 33.9 Å². The van der Waals surface area contributed by atoms with Gasteiger partial charge in [-0.15, -0.1) is 0 Å². The van der Waals surface area contributed by atoms with Crippen molar-refractivity contribution in [2.45, 2.75) is 37.6 Å². The van der Waals surface area contributed by atoms with Crippen LogP contribution in [-0.4, -0.2) is 54.8 Å². The Bertz CT molecular complexity index is 918. The highest BCUT2D eigenvalue weighted by Gasteiger charge is 2.58. The van der Waals surface area contributed by atoms with E-state index in [9.17, 15) is 5.11 Å². The predicted octanol–water partition coefficient (Wildman–Crippen LogP) is 2.83. The standard InChI is InChI=1S/C22H28N2O3/c1-4-14-12-27-21(26-3)22(13-25)17(14)11-19-20-16(9-10-23(19)2)15-7-5-6-8-18(15)24(20)22/h4-8,17,19,21,25H,9-13H2,1-3H3/b14-4-/t17-,19-,21+,22-/m0/s1. The van der Waals surface area contributed by atoms with E-state index in [1.165, 1.54) is 27.7 Å². The van der Waals surface area contributed by atoms with Crippen LogP contribution >= 0.6 is 0 Å². The van der Waals surface area contributed by atoms with E-state index in [0.29, 0.717) is 12.6 Å². The zero-order chi connectivity index (χ0) is 18.8. The van der Waals surface area contributed by atoms with Gasteiger partial charge in [-0.1, -0.05) is 24.3 Å². The zero-order valence-electron chi connectivity index (χ0n) is 16.3. The first kappa shape index (κ1) is 17.4. The van der Waals surface area contributed by atoms with E-state index < -0.39 is 11.8 Å². The van der Waals surface area contributed by atoms with Gasteiger partial charge in [-0.05, 0) is 44.0 Å². The number of rotatable bonds is 2. The molecular weight excluding hydrogens is 340 g/mol. The molecule has 1 saturated heterocycles. The van der Waals surface area contributed by atoms with Gasteiger partial charge in [0.2, 0.25) is 0 Å². The smallest absolute Gasteiger partial charge is 0.183 e. The number of benzene rings is 1. The molecule has 27 heavy (non-hydrogen) atoms. The first-order valence-electron chi connectivity index (χ1n) is 9.90. The number of allylic oxidation sites excluding steroid dienone is 1. The number of para-hydroxylation sites is 1. The molecule has 144 valence electrons. The van der Waals surface area contributed by atoms with Gasteiger partial charge in [0.25, 0.3) is 0 Å². The molecule has 1 N–H and O–H groups in total. The summed E-state index contributed by atoms with van der Waals surface area (Å²) in [7, 11) is 3.92. The normalized spacial score (nSPS) is 34.7. The van der Waals surface area contributed by atoms with Crippen LogP contribution in [0.1, 0.15) is 30.6 Å². The van der Waals surface area contributed by atoms with Gasteiger partial charge in [-0.3, -0.25) is 4.90 Å². The SMILES string of the molecule is C/C=C1/CO[C@@H](OC)[C@]2(CO)[C@H]1C[C@H]1c3c(c4ccccc4n32)CCN1C. The van der Waals surface area contributed by atoms with Crippen LogP contribution in [-0.2, 0) is 21.4 Å². The van der Waals surface area contributed by atoms with E-state index in [1.807, 2.05) is 0 Å². The van der Waals surface area contributed by atoms with Crippen molar-refractivity contribution in [1.29, 1.82) is 0 Å². The molecule has 5 rings (SSSR count). The number of nitrogens with zero attached hydrogens (tertiary/aromatic N) is 2. The molecule has 4 atom stereocenters. The Hall–Kier alpha value is -1.66. The Morgan fingerprint density at radius 2 is 2.19 bits per heavy atom. The molecule has 3 aliphatic heterocycles. The van der Waals surface area contributed by atoms with E-state index in [2.05, 4.69) is 53.8 Å². The lowest BCUT2D eigenvalue weighted by Gasteiger charge is -2.56. The summed E-state index contributed by atoms with van der Waals surface area (Å²) in [6.45, 7) is 3.71. The Morgan fingerprint density at radius 3 is 2.93 bits per heavy atom. The Labute approximate surface area is 160 Å². The highest BCUT2D eigenvalue weighted by Crippen LogP contribution is 2.55. The van der Waals surface area contributed by atoms with E-state index in [4.69, 9.17) is 9.47 Å². The molecule has 1 aromatic carbocycles. The van der Waals surface area contributed by atoms with Crippen LogP contribution in [0.5, 0.6) is 0 Å². The van der Waals surface area contributed by atoms with Crippen LogP contribution in [0.2, 0.25) is 0 Å². The lowest BCUT2D eigenvalue weighted by molar-refractivity contribution is -0.231. The third-order valence-corrected chi connectivity index (χ3v) is 7.16. The van der Waals surface area contributed by atoms with Crippen molar-refractivity contribution in [2.24, 2.45) is 5.92 Å². The first-order valence-corrected chi connectivity index (χ1v) is 9.90. The number of fused-ring (bicyclic) bond motifs is 5. The fourth-order valence-electron chi connectivity index (χ4n) is 5.89. The number of ether oxygens (including phenoxy) is 2. The van der Waals surface area contributed by atoms with Crippen LogP contribution in [0, 0.1) is 5.92 Å². The van der Waals surface area contributed by atoms with Gasteiger partial charge in [0, 0.05) is 36.2 Å². The van der Waals surface area contributed by atoms with Gasteiger partial charge in [0.15, 0.2) is 6.29 Å². The molecule has 0 amide bonds. The Kier molecular flexibility index (Phi) is 3.99. The summed E-state index contributed by atoms with van der Waals surface area (Å²) >= 11 is 0. The molecule has 0 unspecified atom stereocenters. The molecule has 0 spiro atoms. The number of aliphatic hydroxyl groups is 1. The summed E-state index contributed by atoms with van der Waals surface area (Å²) in [5, 5.41) is 12.1. The number of aliphatic hydroxyl groups excluding tert-OH is 1. The Balaban J connectivity index is 1.89. The zero-order valence-corrected chi connectivity index (χ0v) is 16.3. The second kappa shape index (κ2) is 6.17. The van der Waals surface area contributed by atoms with E-state index in [1.54, 1.807) is 7.11 Å². The van der Waals surface area contributed by atoms with E-state index >= 15 is 0 Å². The molecule has 3 aliphatic rings. The number of likely N-dealkylation sites (N-methyl/N-ethyl adjacent to an activating group) is 1. The third kappa shape index (κ3) is 2.08. The Morgan fingerprint density at radius 1 is 1.37 bits per heavy atom. The maximum atomic E-state index is 10.8. The largest absolute Gasteiger partial charge is 0.394 e. The number of hydrogen-bond donors (Lipinski definition) is 1. The summed E-state index contributed by atoms with van der Waals surface area (Å²) in [5.74, 6) is 0.188. The van der Waals surface area contributed by atoms with Crippen molar-refractivity contribution in [3.63, 3.8) is 0 Å². The molecule has 2 aromatic rings. The maximum absolute atomic E-state index is 10.8. The van der Waals surface area contributed by atoms with Gasteiger partial charge < -0.3 is 19.1 Å². The summed E-state index contributed by atoms with van der Waals surface area (Å²) in [4.78, 5) is 2.48. The minimum atomic E-state index is -0.628. The highest BCUT2D eigenvalue weighted by molar-refractivity contribution is 5.87. The lowest BCUT2D eigenvalue weighted by atomic mass is 9.69. The minimum absolute atomic E-state index is 0.00490. The van der Waals surface area contributed by atoms with Crippen LogP contribution < -0.4 is 0 Å². The molecule has 4 heterocycles. The van der Waals surface area contributed by atoms with Gasteiger partial charge in [-0.2, -0.15) is 0 Å². The average Bonchev–Trinajstić information content (AvgIpc) is 3.05. The van der Waals surface area contributed by atoms with Gasteiger partial charge in [-0.25, -0.2) is 0 Å². The summed E-state index contributed by atoms with van der Waals surface area (Å²) < 4.78 is 14.4. The minimum Gasteiger partial charge on any atom is -0.394 e. The first-order chi connectivity index (χ1) is 13.2. The predicted molar refractivity (Wildman–Crippen MR) is 105 cm³/mol. The van der Waals surface area contributed by atoms with Crippen LogP contribution in [0.3, 0.4) is 0 Å². The fraction of sp³-hybridized carbons (Fsp3) is 0.545. The second-order valence-electron chi connectivity index (χ2n) is 8.14. The summed E-state index contributed by atoms with van der Waals surface area (Å²) in [5.41, 5.74) is 4.60. The maximum Gasteiger partial charge on any atom is 0.183 e. The number of methoxy groups -OCH3 is 1. The van der Waals surface area contributed by atoms with E-state index in [0.717, 1.165) is 19.4 Å². The van der Waals surface area contributed by atoms with Crippen LogP contribution in [0.25, 0.3) is 10.9 Å². The van der Waals surface area contributed by atoms with Crippen LogP contribution in [0.4, 0.5) is 0 Å². The molecule has 0 bridgehead atoms. The van der Waals surface area contributed by atoms with Crippen molar-refractivity contribution < 1.29 is 14.6 Å². The number of hydrogen-bond acceptors (Lipinski definition) is 4. The summed E-state index contributed by atoms with van der Waals surface area (Å²) in [6.07, 6.45) is 3.73. The fourth-order valence-corrected chi connectivity index (χ4v) is 5.89. The van der Waals surface area contributed by atoms with Gasteiger partial charge in [0.1, 0.15) is 5.54 Å². The average molecular weight is 368 g/mol. The molecule has 0 radical (unpaired) electrons. The van der Waals surface area contributed by atoms with Crippen molar-refractivity contribution in [3.05, 3.63) is 47.2 Å². The van der Waals surface area contributed by atoms with Gasteiger partial charge in [0.05, 0.1) is 19.3 Å². The molecule has 5 nitrogen and oxygen atoms in total. The van der Waals surface area contributed by atoms with Crippen molar-refractivity contribution >= 4 is 10.9 Å². The molecule has 1 aromatic heterocycles. The van der Waals surface area contributed by atoms with Crippen LogP contribution in [0.15, 0.2) is 35.9 Å².